The first-order valence-electron chi connectivity index (χ1n) is 11.5. The van der Waals surface area contributed by atoms with Crippen LogP contribution in [0.2, 0.25) is 0 Å². The minimum Gasteiger partial charge on any atom is -0.493 e. The Kier molecular flexibility index (Phi) is 7.47. The molecular formula is C27H33N3O3. The van der Waals surface area contributed by atoms with Gasteiger partial charge in [-0.2, -0.15) is 0 Å². The number of nitrogens with zero attached hydrogens (tertiary/aromatic N) is 3. The molecule has 0 unspecified atom stereocenters. The zero-order valence-electron chi connectivity index (χ0n) is 19.6. The second-order valence-electron chi connectivity index (χ2n) is 8.63. The summed E-state index contributed by atoms with van der Waals surface area (Å²) in [5, 5.41) is 11.0. The third-order valence-electron chi connectivity index (χ3n) is 5.91. The molecule has 6 heteroatoms. The van der Waals surface area contributed by atoms with E-state index in [-0.39, 0.29) is 6.10 Å². The Balaban J connectivity index is 1.41. The predicted molar refractivity (Wildman–Crippen MR) is 131 cm³/mol. The van der Waals surface area contributed by atoms with E-state index in [1.54, 1.807) is 13.3 Å². The lowest BCUT2D eigenvalue weighted by Crippen LogP contribution is -2.46. The number of rotatable bonds is 8. The topological polar surface area (TPSA) is 58.1 Å². The molecule has 1 aliphatic heterocycles. The van der Waals surface area contributed by atoms with Gasteiger partial charge in [0.05, 0.1) is 18.9 Å². The highest BCUT2D eigenvalue weighted by Gasteiger charge is 2.23. The molecule has 2 aromatic carbocycles. The molecule has 1 atom stereocenters. The van der Waals surface area contributed by atoms with E-state index in [0.717, 1.165) is 55.5 Å². The number of para-hydroxylation sites is 1. The van der Waals surface area contributed by atoms with Gasteiger partial charge in [-0.1, -0.05) is 30.3 Å². The number of aliphatic hydroxyl groups is 1. The molecule has 0 spiro atoms. The van der Waals surface area contributed by atoms with E-state index in [4.69, 9.17) is 9.47 Å². The highest BCUT2D eigenvalue weighted by Crippen LogP contribution is 2.32. The summed E-state index contributed by atoms with van der Waals surface area (Å²) < 4.78 is 11.4. The number of benzene rings is 2. The van der Waals surface area contributed by atoms with Gasteiger partial charge in [0, 0.05) is 50.2 Å². The van der Waals surface area contributed by atoms with Gasteiger partial charge in [-0.15, -0.1) is 0 Å². The van der Waals surface area contributed by atoms with Crippen molar-refractivity contribution in [2.45, 2.75) is 32.6 Å². The van der Waals surface area contributed by atoms with Crippen LogP contribution in [0.1, 0.15) is 36.8 Å². The Labute approximate surface area is 196 Å². The van der Waals surface area contributed by atoms with Crippen molar-refractivity contribution in [1.29, 1.82) is 0 Å². The van der Waals surface area contributed by atoms with Crippen molar-refractivity contribution in [3.05, 3.63) is 83.7 Å². The van der Waals surface area contributed by atoms with Crippen LogP contribution in [-0.4, -0.2) is 54.4 Å². The Bertz CT molecular complexity index is 1030. The molecule has 33 heavy (non-hydrogen) atoms. The maximum Gasteiger partial charge on any atom is 0.161 e. The first-order valence-corrected chi connectivity index (χ1v) is 11.5. The van der Waals surface area contributed by atoms with E-state index in [0.29, 0.717) is 5.69 Å². The zero-order valence-corrected chi connectivity index (χ0v) is 19.6. The predicted octanol–water partition coefficient (Wildman–Crippen LogP) is 4.28. The molecule has 1 aromatic heterocycles. The molecule has 1 aliphatic rings. The molecule has 174 valence electrons. The number of aliphatic hydroxyl groups excluding tert-OH is 1. The van der Waals surface area contributed by atoms with Crippen LogP contribution in [0.15, 0.2) is 66.9 Å². The van der Waals surface area contributed by atoms with E-state index < -0.39 is 6.10 Å². The second-order valence-corrected chi connectivity index (χ2v) is 8.63. The number of ether oxygens (including phenoxy) is 2. The molecule has 1 fully saturated rings. The van der Waals surface area contributed by atoms with Crippen LogP contribution in [-0.2, 0) is 6.54 Å². The molecule has 2 heterocycles. The highest BCUT2D eigenvalue weighted by atomic mass is 16.5. The van der Waals surface area contributed by atoms with Gasteiger partial charge in [-0.25, -0.2) is 0 Å². The van der Waals surface area contributed by atoms with Crippen molar-refractivity contribution >= 4 is 5.69 Å². The molecule has 0 radical (unpaired) electrons. The monoisotopic (exact) mass is 447 g/mol. The molecule has 0 amide bonds. The summed E-state index contributed by atoms with van der Waals surface area (Å²) in [6.45, 7) is 8.58. The molecule has 0 saturated carbocycles. The average Bonchev–Trinajstić information content (AvgIpc) is 2.85. The van der Waals surface area contributed by atoms with E-state index in [2.05, 4.69) is 33.0 Å². The Morgan fingerprint density at radius 3 is 2.39 bits per heavy atom. The third-order valence-corrected chi connectivity index (χ3v) is 5.91. The lowest BCUT2D eigenvalue weighted by Gasteiger charge is -2.37. The summed E-state index contributed by atoms with van der Waals surface area (Å²) >= 11 is 0. The van der Waals surface area contributed by atoms with Crippen LogP contribution in [0, 0.1) is 0 Å². The Hall–Kier alpha value is -3.09. The third kappa shape index (κ3) is 5.64. The molecule has 1 saturated heterocycles. The van der Waals surface area contributed by atoms with Gasteiger partial charge in [0.15, 0.2) is 11.5 Å². The summed E-state index contributed by atoms with van der Waals surface area (Å²) in [6.07, 6.45) is 1.09. The van der Waals surface area contributed by atoms with Crippen LogP contribution in [0.25, 0.3) is 0 Å². The highest BCUT2D eigenvalue weighted by molar-refractivity contribution is 5.56. The van der Waals surface area contributed by atoms with Gasteiger partial charge in [-0.05, 0) is 49.7 Å². The summed E-state index contributed by atoms with van der Waals surface area (Å²) in [6, 6.07) is 19.9. The lowest BCUT2D eigenvalue weighted by atomic mass is 10.0. The largest absolute Gasteiger partial charge is 0.493 e. The number of anilines is 1. The van der Waals surface area contributed by atoms with Gasteiger partial charge in [0.1, 0.15) is 6.10 Å². The van der Waals surface area contributed by atoms with Gasteiger partial charge < -0.3 is 19.5 Å². The van der Waals surface area contributed by atoms with E-state index in [1.807, 2.05) is 56.3 Å². The average molecular weight is 448 g/mol. The van der Waals surface area contributed by atoms with E-state index >= 15 is 0 Å². The molecule has 0 bridgehead atoms. The fraction of sp³-hybridized carbons (Fsp3) is 0.370. The van der Waals surface area contributed by atoms with Crippen LogP contribution in [0.3, 0.4) is 0 Å². The maximum absolute atomic E-state index is 11.0. The summed E-state index contributed by atoms with van der Waals surface area (Å²) in [5.41, 5.74) is 3.85. The lowest BCUT2D eigenvalue weighted by molar-refractivity contribution is 0.214. The fourth-order valence-electron chi connectivity index (χ4n) is 4.27. The van der Waals surface area contributed by atoms with Crippen LogP contribution >= 0.6 is 0 Å². The van der Waals surface area contributed by atoms with Gasteiger partial charge in [0.25, 0.3) is 0 Å². The molecule has 6 nitrogen and oxygen atoms in total. The Morgan fingerprint density at radius 1 is 0.939 bits per heavy atom. The van der Waals surface area contributed by atoms with Gasteiger partial charge >= 0.3 is 0 Å². The van der Waals surface area contributed by atoms with Gasteiger partial charge in [-0.3, -0.25) is 9.88 Å². The fourth-order valence-corrected chi connectivity index (χ4v) is 4.27. The summed E-state index contributed by atoms with van der Waals surface area (Å²) in [7, 11) is 1.68. The number of methoxy groups -OCH3 is 1. The van der Waals surface area contributed by atoms with E-state index in [1.165, 1.54) is 5.56 Å². The molecule has 4 rings (SSSR count). The van der Waals surface area contributed by atoms with Crippen molar-refractivity contribution in [1.82, 2.24) is 9.88 Å². The van der Waals surface area contributed by atoms with Crippen molar-refractivity contribution in [2.75, 3.05) is 38.2 Å². The van der Waals surface area contributed by atoms with Crippen LogP contribution in [0.5, 0.6) is 11.5 Å². The smallest absolute Gasteiger partial charge is 0.161 e. The minimum absolute atomic E-state index is 0.108. The second kappa shape index (κ2) is 10.7. The van der Waals surface area contributed by atoms with Gasteiger partial charge in [0.2, 0.25) is 0 Å². The number of aromatic nitrogens is 1. The van der Waals surface area contributed by atoms with E-state index in [9.17, 15) is 5.11 Å². The quantitative estimate of drug-likeness (QED) is 0.556. The number of piperazine rings is 1. The first-order chi connectivity index (χ1) is 16.0. The van der Waals surface area contributed by atoms with Crippen molar-refractivity contribution < 1.29 is 14.6 Å². The number of pyridine rings is 1. The normalized spacial score (nSPS) is 15.5. The van der Waals surface area contributed by atoms with Crippen LogP contribution in [0.4, 0.5) is 5.69 Å². The molecule has 1 N–H and O–H groups in total. The zero-order chi connectivity index (χ0) is 23.2. The SMILES string of the molecule is COc1cc(CN2CCN(c3ccccc3[C@H](O)c3ccccn3)CC2)ccc1OC(C)C. The van der Waals surface area contributed by atoms with Crippen LogP contribution < -0.4 is 14.4 Å². The standard InChI is InChI=1S/C27H33N3O3/c1-20(2)33-25-12-11-21(18-26(25)32-3)19-29-14-16-30(17-15-29)24-10-5-4-8-22(24)27(31)23-9-6-7-13-28-23/h4-13,18,20,27,31H,14-17,19H2,1-3H3/t27-/m0/s1. The van der Waals surface area contributed by atoms with Crippen molar-refractivity contribution in [2.24, 2.45) is 0 Å². The maximum atomic E-state index is 11.0. The molecule has 3 aromatic rings. The van der Waals surface area contributed by atoms with Crippen molar-refractivity contribution in [3.8, 4) is 11.5 Å². The summed E-state index contributed by atoms with van der Waals surface area (Å²) in [4.78, 5) is 9.15. The Morgan fingerprint density at radius 2 is 1.70 bits per heavy atom. The van der Waals surface area contributed by atoms with Crippen molar-refractivity contribution in [3.63, 3.8) is 0 Å². The number of hydrogen-bond donors (Lipinski definition) is 1. The summed E-state index contributed by atoms with van der Waals surface area (Å²) in [5.74, 6) is 1.56. The molecule has 0 aliphatic carbocycles. The minimum atomic E-state index is -0.737. The first kappa shape index (κ1) is 23.1. The molecular weight excluding hydrogens is 414 g/mol. The number of hydrogen-bond acceptors (Lipinski definition) is 6.